The first-order valence-corrected chi connectivity index (χ1v) is 3.63. The molecule has 4 heteroatoms. The fourth-order valence-corrected chi connectivity index (χ4v) is 0.560. The fraction of sp³-hybridized carbons (Fsp3) is 0.625. The lowest BCUT2D eigenvalue weighted by Gasteiger charge is -2.05. The third-order valence-electron chi connectivity index (χ3n) is 1.26. The number of carbonyl (C=O) groups excluding carboxylic acids is 1. The normalized spacial score (nSPS) is 10.9. The highest BCUT2D eigenvalue weighted by Crippen LogP contribution is 2.02. The molecule has 1 atom stereocenters. The molecule has 0 heterocycles. The molecule has 0 saturated heterocycles. The second-order valence-corrected chi connectivity index (χ2v) is 2.34. The number of nitrogens with zero attached hydrogens (tertiary/aromatic N) is 2. The van der Waals surface area contributed by atoms with Crippen LogP contribution in [0.2, 0.25) is 0 Å². The van der Waals surface area contributed by atoms with Gasteiger partial charge in [0.15, 0.2) is 0 Å². The number of carbonyl (C=O) groups is 1. The SMILES string of the molecule is CC(CC#N)C(=O)OCCC#N. The van der Waals surface area contributed by atoms with Gasteiger partial charge < -0.3 is 4.74 Å². The molecule has 0 N–H and O–H groups in total. The van der Waals surface area contributed by atoms with Crippen molar-refractivity contribution in [3.05, 3.63) is 0 Å². The maximum Gasteiger partial charge on any atom is 0.309 e. The molecule has 0 aliphatic carbocycles. The predicted molar refractivity (Wildman–Crippen MR) is 40.6 cm³/mol. The summed E-state index contributed by atoms with van der Waals surface area (Å²) >= 11 is 0. The highest BCUT2D eigenvalue weighted by molar-refractivity contribution is 5.72. The topological polar surface area (TPSA) is 73.9 Å². The second kappa shape index (κ2) is 6.18. The van der Waals surface area contributed by atoms with E-state index >= 15 is 0 Å². The molecule has 0 bridgehead atoms. The Balaban J connectivity index is 3.60. The number of hydrogen-bond donors (Lipinski definition) is 0. The smallest absolute Gasteiger partial charge is 0.309 e. The molecular weight excluding hydrogens is 156 g/mol. The van der Waals surface area contributed by atoms with Gasteiger partial charge in [0.05, 0.1) is 24.5 Å². The first-order chi connectivity index (χ1) is 5.72. The Morgan fingerprint density at radius 2 is 2.17 bits per heavy atom. The molecular formula is C8H10N2O2. The monoisotopic (exact) mass is 166 g/mol. The van der Waals surface area contributed by atoms with Gasteiger partial charge >= 0.3 is 5.97 Å². The van der Waals surface area contributed by atoms with Crippen molar-refractivity contribution in [1.29, 1.82) is 10.5 Å². The Hall–Kier alpha value is -1.55. The molecule has 64 valence electrons. The first-order valence-electron chi connectivity index (χ1n) is 3.63. The molecule has 0 aliphatic heterocycles. The highest BCUT2D eigenvalue weighted by Gasteiger charge is 2.12. The van der Waals surface area contributed by atoms with Gasteiger partial charge in [0, 0.05) is 6.42 Å². The Kier molecular flexibility index (Phi) is 5.38. The van der Waals surface area contributed by atoms with Crippen LogP contribution in [0.5, 0.6) is 0 Å². The van der Waals surface area contributed by atoms with Crippen molar-refractivity contribution in [2.45, 2.75) is 19.8 Å². The van der Waals surface area contributed by atoms with E-state index in [-0.39, 0.29) is 19.4 Å². The van der Waals surface area contributed by atoms with Crippen LogP contribution in [0.4, 0.5) is 0 Å². The molecule has 0 fully saturated rings. The van der Waals surface area contributed by atoms with Crippen molar-refractivity contribution in [3.63, 3.8) is 0 Å². The van der Waals surface area contributed by atoms with Gasteiger partial charge in [-0.3, -0.25) is 4.79 Å². The maximum absolute atomic E-state index is 10.9. The molecule has 0 spiro atoms. The largest absolute Gasteiger partial charge is 0.464 e. The molecule has 4 nitrogen and oxygen atoms in total. The third-order valence-corrected chi connectivity index (χ3v) is 1.26. The van der Waals surface area contributed by atoms with Gasteiger partial charge in [-0.25, -0.2) is 0 Å². The van der Waals surface area contributed by atoms with E-state index in [9.17, 15) is 4.79 Å². The van der Waals surface area contributed by atoms with Crippen molar-refractivity contribution >= 4 is 5.97 Å². The van der Waals surface area contributed by atoms with E-state index in [1.54, 1.807) is 6.92 Å². The Labute approximate surface area is 71.4 Å². The lowest BCUT2D eigenvalue weighted by Crippen LogP contribution is -2.14. The van der Waals surface area contributed by atoms with E-state index in [2.05, 4.69) is 4.74 Å². The van der Waals surface area contributed by atoms with Crippen molar-refractivity contribution in [2.75, 3.05) is 6.61 Å². The van der Waals surface area contributed by atoms with E-state index in [4.69, 9.17) is 10.5 Å². The number of ether oxygens (including phenoxy) is 1. The summed E-state index contributed by atoms with van der Waals surface area (Å²) in [6, 6.07) is 3.72. The zero-order chi connectivity index (χ0) is 9.40. The van der Waals surface area contributed by atoms with E-state index in [0.29, 0.717) is 0 Å². The number of nitriles is 2. The van der Waals surface area contributed by atoms with E-state index in [0.717, 1.165) is 0 Å². The van der Waals surface area contributed by atoms with Gasteiger partial charge in [-0.1, -0.05) is 6.92 Å². The lowest BCUT2D eigenvalue weighted by atomic mass is 10.1. The van der Waals surface area contributed by atoms with Crippen LogP contribution in [0.1, 0.15) is 19.8 Å². The zero-order valence-corrected chi connectivity index (χ0v) is 6.91. The average Bonchev–Trinajstić information content (AvgIpc) is 2.05. The Bertz CT molecular complexity index is 224. The quantitative estimate of drug-likeness (QED) is 0.461. The number of esters is 1. The zero-order valence-electron chi connectivity index (χ0n) is 6.91. The molecule has 12 heavy (non-hydrogen) atoms. The standard InChI is InChI=1S/C8H10N2O2/c1-7(3-5-10)8(11)12-6-2-4-9/h7H,2-3,6H2,1H3. The van der Waals surface area contributed by atoms with Crippen LogP contribution in [0.25, 0.3) is 0 Å². The van der Waals surface area contributed by atoms with Crippen molar-refractivity contribution in [2.24, 2.45) is 5.92 Å². The second-order valence-electron chi connectivity index (χ2n) is 2.34. The van der Waals surface area contributed by atoms with Crippen molar-refractivity contribution in [1.82, 2.24) is 0 Å². The summed E-state index contributed by atoms with van der Waals surface area (Å²) in [5, 5.41) is 16.4. The van der Waals surface area contributed by atoms with Crippen LogP contribution in [0.3, 0.4) is 0 Å². The summed E-state index contributed by atoms with van der Waals surface area (Å²) in [5.74, 6) is -0.805. The fourth-order valence-electron chi connectivity index (χ4n) is 0.560. The van der Waals surface area contributed by atoms with Crippen LogP contribution in [0.15, 0.2) is 0 Å². The molecule has 0 rings (SSSR count). The highest BCUT2D eigenvalue weighted by atomic mass is 16.5. The van der Waals surface area contributed by atoms with Crippen LogP contribution < -0.4 is 0 Å². The van der Waals surface area contributed by atoms with E-state index in [1.807, 2.05) is 12.1 Å². The molecule has 0 saturated carbocycles. The minimum atomic E-state index is -0.410. The summed E-state index contributed by atoms with van der Waals surface area (Å²) in [5.41, 5.74) is 0. The van der Waals surface area contributed by atoms with Crippen LogP contribution in [0, 0.1) is 28.6 Å². The Morgan fingerprint density at radius 1 is 1.50 bits per heavy atom. The van der Waals surface area contributed by atoms with Crippen LogP contribution in [-0.2, 0) is 9.53 Å². The van der Waals surface area contributed by atoms with Crippen LogP contribution in [-0.4, -0.2) is 12.6 Å². The Morgan fingerprint density at radius 3 is 2.67 bits per heavy atom. The minimum absolute atomic E-state index is 0.116. The van der Waals surface area contributed by atoms with Gasteiger partial charge in [0.2, 0.25) is 0 Å². The van der Waals surface area contributed by atoms with Gasteiger partial charge in [0.1, 0.15) is 6.61 Å². The molecule has 0 radical (unpaired) electrons. The van der Waals surface area contributed by atoms with Crippen molar-refractivity contribution in [3.8, 4) is 12.1 Å². The van der Waals surface area contributed by atoms with Gasteiger partial charge in [-0.2, -0.15) is 10.5 Å². The summed E-state index contributed by atoms with van der Waals surface area (Å²) in [6.07, 6.45) is 0.358. The average molecular weight is 166 g/mol. The summed E-state index contributed by atoms with van der Waals surface area (Å²) in [4.78, 5) is 10.9. The van der Waals surface area contributed by atoms with Gasteiger partial charge in [-0.15, -0.1) is 0 Å². The summed E-state index contributed by atoms with van der Waals surface area (Å²) in [7, 11) is 0. The molecule has 0 aromatic carbocycles. The minimum Gasteiger partial charge on any atom is -0.464 e. The molecule has 0 aromatic rings. The first kappa shape index (κ1) is 10.4. The third kappa shape index (κ3) is 4.29. The molecule has 1 unspecified atom stereocenters. The summed E-state index contributed by atoms with van der Waals surface area (Å²) < 4.78 is 4.68. The maximum atomic E-state index is 10.9. The summed E-state index contributed by atoms with van der Waals surface area (Å²) in [6.45, 7) is 1.74. The van der Waals surface area contributed by atoms with E-state index in [1.165, 1.54) is 0 Å². The predicted octanol–water partition coefficient (Wildman–Crippen LogP) is 0.993. The number of rotatable bonds is 4. The van der Waals surface area contributed by atoms with Gasteiger partial charge in [-0.05, 0) is 0 Å². The molecule has 0 amide bonds. The number of hydrogen-bond acceptors (Lipinski definition) is 4. The van der Waals surface area contributed by atoms with Gasteiger partial charge in [0.25, 0.3) is 0 Å². The lowest BCUT2D eigenvalue weighted by molar-refractivity contribution is -0.147. The van der Waals surface area contributed by atoms with Crippen molar-refractivity contribution < 1.29 is 9.53 Å². The molecule has 0 aliphatic rings. The molecule has 0 aromatic heterocycles. The van der Waals surface area contributed by atoms with E-state index < -0.39 is 11.9 Å². The van der Waals surface area contributed by atoms with Crippen LogP contribution >= 0.6 is 0 Å².